The van der Waals surface area contributed by atoms with Crippen LogP contribution in [0.1, 0.15) is 74.5 Å². The predicted octanol–water partition coefficient (Wildman–Crippen LogP) is 4.02. The summed E-state index contributed by atoms with van der Waals surface area (Å²) in [5, 5.41) is 18.6. The van der Waals surface area contributed by atoms with Crippen molar-refractivity contribution >= 4 is 5.97 Å². The third-order valence-corrected chi connectivity index (χ3v) is 4.28. The van der Waals surface area contributed by atoms with Crippen LogP contribution in [0.25, 0.3) is 0 Å². The first-order valence-electron chi connectivity index (χ1n) is 7.66. The lowest BCUT2D eigenvalue weighted by atomic mass is 9.90. The van der Waals surface area contributed by atoms with Gasteiger partial charge in [-0.05, 0) is 36.3 Å². The van der Waals surface area contributed by atoms with Crippen molar-refractivity contribution < 1.29 is 15.0 Å². The minimum absolute atomic E-state index is 0.00550. The third-order valence-electron chi connectivity index (χ3n) is 4.28. The van der Waals surface area contributed by atoms with Crippen LogP contribution in [0.3, 0.4) is 0 Å². The number of aliphatic hydroxyl groups is 1. The number of carboxylic acid groups (broad SMARTS) is 1. The topological polar surface area (TPSA) is 57.5 Å². The molecule has 1 aromatic rings. The molecule has 1 aliphatic rings. The summed E-state index contributed by atoms with van der Waals surface area (Å²) in [5.41, 5.74) is 2.18. The van der Waals surface area contributed by atoms with Crippen molar-refractivity contribution in [3.8, 4) is 0 Å². The smallest absolute Gasteiger partial charge is 0.303 e. The second kappa shape index (κ2) is 7.44. The first kappa shape index (κ1) is 15.0. The van der Waals surface area contributed by atoms with Gasteiger partial charge < -0.3 is 10.2 Å². The van der Waals surface area contributed by atoms with Crippen LogP contribution in [0, 0.1) is 0 Å². The predicted molar refractivity (Wildman–Crippen MR) is 78.7 cm³/mol. The molecule has 0 amide bonds. The van der Waals surface area contributed by atoms with E-state index in [4.69, 9.17) is 5.11 Å². The summed E-state index contributed by atoms with van der Waals surface area (Å²) >= 11 is 0. The maximum Gasteiger partial charge on any atom is 0.303 e. The molecular weight excluding hydrogens is 252 g/mol. The van der Waals surface area contributed by atoms with Gasteiger partial charge in [-0.1, -0.05) is 49.9 Å². The van der Waals surface area contributed by atoms with Gasteiger partial charge in [0.2, 0.25) is 0 Å². The highest BCUT2D eigenvalue weighted by Crippen LogP contribution is 2.32. The molecule has 0 aliphatic heterocycles. The van der Waals surface area contributed by atoms with Crippen LogP contribution in [0.2, 0.25) is 0 Å². The molecule has 3 nitrogen and oxygen atoms in total. The van der Waals surface area contributed by atoms with E-state index in [-0.39, 0.29) is 12.8 Å². The Kier molecular flexibility index (Phi) is 5.60. The van der Waals surface area contributed by atoms with Crippen molar-refractivity contribution in [1.82, 2.24) is 0 Å². The van der Waals surface area contributed by atoms with Gasteiger partial charge in [0.05, 0.1) is 6.10 Å². The number of rotatable bonds is 5. The molecule has 0 spiro atoms. The van der Waals surface area contributed by atoms with E-state index in [1.54, 1.807) is 0 Å². The number of carboxylic acids is 1. The lowest BCUT2D eigenvalue weighted by Crippen LogP contribution is -2.03. The quantitative estimate of drug-likeness (QED) is 0.798. The Morgan fingerprint density at radius 3 is 2.25 bits per heavy atom. The molecule has 0 radical (unpaired) electrons. The van der Waals surface area contributed by atoms with Gasteiger partial charge in [-0.25, -0.2) is 0 Å². The van der Waals surface area contributed by atoms with Crippen molar-refractivity contribution in [2.75, 3.05) is 0 Å². The van der Waals surface area contributed by atoms with Crippen LogP contribution in [-0.4, -0.2) is 16.2 Å². The van der Waals surface area contributed by atoms with Crippen molar-refractivity contribution in [3.05, 3.63) is 35.4 Å². The molecule has 110 valence electrons. The Hall–Kier alpha value is -1.35. The van der Waals surface area contributed by atoms with E-state index < -0.39 is 12.1 Å². The fourth-order valence-electron chi connectivity index (χ4n) is 3.03. The summed E-state index contributed by atoms with van der Waals surface area (Å²) in [6, 6.07) is 8.12. The van der Waals surface area contributed by atoms with Gasteiger partial charge in [-0.15, -0.1) is 0 Å². The molecule has 0 bridgehead atoms. The van der Waals surface area contributed by atoms with Crippen molar-refractivity contribution in [3.63, 3.8) is 0 Å². The number of carbonyl (C=O) groups is 1. The molecule has 1 saturated carbocycles. The highest BCUT2D eigenvalue weighted by Gasteiger charge is 2.15. The van der Waals surface area contributed by atoms with Crippen LogP contribution >= 0.6 is 0 Å². The lowest BCUT2D eigenvalue weighted by molar-refractivity contribution is -0.137. The molecule has 2 N–H and O–H groups in total. The summed E-state index contributed by atoms with van der Waals surface area (Å²) < 4.78 is 0. The second-order valence-corrected chi connectivity index (χ2v) is 5.80. The van der Waals surface area contributed by atoms with Crippen molar-refractivity contribution in [2.24, 2.45) is 0 Å². The van der Waals surface area contributed by atoms with E-state index in [0.717, 1.165) is 5.56 Å². The summed E-state index contributed by atoms with van der Waals surface area (Å²) in [7, 11) is 0. The number of aliphatic hydroxyl groups excluding tert-OH is 1. The molecule has 1 aliphatic carbocycles. The van der Waals surface area contributed by atoms with E-state index in [9.17, 15) is 9.90 Å². The Morgan fingerprint density at radius 2 is 1.70 bits per heavy atom. The Morgan fingerprint density at radius 1 is 1.10 bits per heavy atom. The van der Waals surface area contributed by atoms with Crippen LogP contribution < -0.4 is 0 Å². The first-order chi connectivity index (χ1) is 9.66. The van der Waals surface area contributed by atoms with Crippen LogP contribution in [0.5, 0.6) is 0 Å². The molecule has 0 saturated heterocycles. The Balaban J connectivity index is 1.96. The van der Waals surface area contributed by atoms with Gasteiger partial charge >= 0.3 is 5.97 Å². The number of aliphatic carboxylic acids is 1. The van der Waals surface area contributed by atoms with Crippen molar-refractivity contribution in [2.45, 2.75) is 63.4 Å². The van der Waals surface area contributed by atoms with Gasteiger partial charge in [0, 0.05) is 6.42 Å². The lowest BCUT2D eigenvalue weighted by Gasteiger charge is -2.16. The Labute approximate surface area is 120 Å². The van der Waals surface area contributed by atoms with Crippen LogP contribution in [0.4, 0.5) is 0 Å². The maximum absolute atomic E-state index is 10.5. The molecule has 0 heterocycles. The van der Waals surface area contributed by atoms with E-state index in [2.05, 4.69) is 12.1 Å². The molecule has 2 rings (SSSR count). The average Bonchev–Trinajstić information content (AvgIpc) is 2.74. The summed E-state index contributed by atoms with van der Waals surface area (Å²) in [6.07, 6.45) is 7.46. The number of benzene rings is 1. The second-order valence-electron chi connectivity index (χ2n) is 5.80. The van der Waals surface area contributed by atoms with E-state index in [1.165, 1.54) is 44.1 Å². The van der Waals surface area contributed by atoms with Crippen LogP contribution in [-0.2, 0) is 4.79 Å². The Bertz CT molecular complexity index is 416. The molecule has 1 aromatic carbocycles. The summed E-state index contributed by atoms with van der Waals surface area (Å²) in [5.74, 6) is -0.207. The normalized spacial score (nSPS) is 18.4. The van der Waals surface area contributed by atoms with E-state index in [1.807, 2.05) is 12.1 Å². The molecule has 20 heavy (non-hydrogen) atoms. The van der Waals surface area contributed by atoms with Crippen molar-refractivity contribution in [1.29, 1.82) is 0 Å². The highest BCUT2D eigenvalue weighted by molar-refractivity contribution is 5.66. The average molecular weight is 276 g/mol. The van der Waals surface area contributed by atoms with E-state index in [0.29, 0.717) is 5.92 Å². The van der Waals surface area contributed by atoms with Gasteiger partial charge in [-0.2, -0.15) is 0 Å². The van der Waals surface area contributed by atoms with Gasteiger partial charge in [0.25, 0.3) is 0 Å². The molecule has 1 atom stereocenters. The zero-order chi connectivity index (χ0) is 14.4. The fourth-order valence-corrected chi connectivity index (χ4v) is 3.03. The zero-order valence-electron chi connectivity index (χ0n) is 11.9. The van der Waals surface area contributed by atoms with E-state index >= 15 is 0 Å². The minimum atomic E-state index is -0.862. The third kappa shape index (κ3) is 4.34. The summed E-state index contributed by atoms with van der Waals surface area (Å²) in [6.45, 7) is 0. The van der Waals surface area contributed by atoms with Gasteiger partial charge in [0.15, 0.2) is 0 Å². The number of hydrogen-bond acceptors (Lipinski definition) is 2. The highest BCUT2D eigenvalue weighted by atomic mass is 16.4. The fraction of sp³-hybridized carbons (Fsp3) is 0.588. The molecule has 0 aromatic heterocycles. The van der Waals surface area contributed by atoms with Gasteiger partial charge in [-0.3, -0.25) is 4.79 Å². The summed E-state index contributed by atoms with van der Waals surface area (Å²) in [4.78, 5) is 10.5. The standard InChI is InChI=1S/C17H24O3/c18-16(11-12-17(19)20)15-9-7-14(8-10-15)13-5-3-1-2-4-6-13/h7-10,13,16,18H,1-6,11-12H2,(H,19,20). The maximum atomic E-state index is 10.5. The first-order valence-corrected chi connectivity index (χ1v) is 7.66. The molecular formula is C17H24O3. The SMILES string of the molecule is O=C(O)CCC(O)c1ccc(C2CCCCCC2)cc1. The monoisotopic (exact) mass is 276 g/mol. The number of hydrogen-bond donors (Lipinski definition) is 2. The molecule has 3 heteroatoms. The largest absolute Gasteiger partial charge is 0.481 e. The molecule has 1 fully saturated rings. The molecule has 1 unspecified atom stereocenters. The van der Waals surface area contributed by atoms with Crippen LogP contribution in [0.15, 0.2) is 24.3 Å². The zero-order valence-corrected chi connectivity index (χ0v) is 11.9. The van der Waals surface area contributed by atoms with Gasteiger partial charge in [0.1, 0.15) is 0 Å². The minimum Gasteiger partial charge on any atom is -0.481 e.